The normalized spacial score (nSPS) is 17.6. The lowest BCUT2D eigenvalue weighted by Crippen LogP contribution is -2.33. The zero-order valence-corrected chi connectivity index (χ0v) is 18.8. The van der Waals surface area contributed by atoms with Crippen LogP contribution in [-0.4, -0.2) is 32.8 Å². The minimum Gasteiger partial charge on any atom is -0.312 e. The van der Waals surface area contributed by atoms with Gasteiger partial charge in [-0.05, 0) is 60.7 Å². The third-order valence-electron chi connectivity index (χ3n) is 6.03. The summed E-state index contributed by atoms with van der Waals surface area (Å²) in [4.78, 5) is 27.6. The number of hydrogen-bond donors (Lipinski definition) is 1. The predicted octanol–water partition coefficient (Wildman–Crippen LogP) is 2.76. The molecule has 7 nitrogen and oxygen atoms in total. The maximum Gasteiger partial charge on any atom is 0.240 e. The van der Waals surface area contributed by atoms with Gasteiger partial charge in [0.1, 0.15) is 0 Å². The fourth-order valence-electron chi connectivity index (χ4n) is 4.53. The van der Waals surface area contributed by atoms with Gasteiger partial charge in [0, 0.05) is 43.9 Å². The van der Waals surface area contributed by atoms with Crippen LogP contribution in [0.2, 0.25) is 0 Å². The van der Waals surface area contributed by atoms with Gasteiger partial charge >= 0.3 is 0 Å². The molecule has 31 heavy (non-hydrogen) atoms. The Morgan fingerprint density at radius 2 is 1.84 bits per heavy atom. The van der Waals surface area contributed by atoms with E-state index in [1.807, 2.05) is 32.0 Å². The van der Waals surface area contributed by atoms with Crippen molar-refractivity contribution in [1.82, 2.24) is 4.72 Å². The Labute approximate surface area is 183 Å². The Hall–Kier alpha value is -2.71. The van der Waals surface area contributed by atoms with Gasteiger partial charge in [0.15, 0.2) is 0 Å². The van der Waals surface area contributed by atoms with Gasteiger partial charge in [-0.2, -0.15) is 0 Å². The number of carbonyl (C=O) groups is 2. The van der Waals surface area contributed by atoms with E-state index in [4.69, 9.17) is 0 Å². The quantitative estimate of drug-likeness (QED) is 0.773. The summed E-state index contributed by atoms with van der Waals surface area (Å²) in [6.45, 7) is 6.16. The number of carbonyl (C=O) groups excluding carboxylic acids is 2. The average Bonchev–Trinajstić information content (AvgIpc) is 3.30. The topological polar surface area (TPSA) is 86.8 Å². The highest BCUT2D eigenvalue weighted by Crippen LogP contribution is 2.34. The summed E-state index contributed by atoms with van der Waals surface area (Å²) in [5.74, 6) is 0.0530. The summed E-state index contributed by atoms with van der Waals surface area (Å²) in [5, 5.41) is 0. The van der Waals surface area contributed by atoms with Gasteiger partial charge in [-0.3, -0.25) is 9.59 Å². The standard InChI is InChI=1S/C23H27N3O4S/c1-4-23(28)25-10-9-18-12-17(5-7-21(18)25)14-24-31(29,30)20-6-8-22-19(13-20)11-15(2)26(22)16(3)27/h5-8,12-13,15,24H,4,9-11,14H2,1-3H3. The number of nitrogens with one attached hydrogen (secondary N) is 1. The zero-order chi connectivity index (χ0) is 22.3. The smallest absolute Gasteiger partial charge is 0.240 e. The molecular formula is C23H27N3O4S. The van der Waals surface area contributed by atoms with Crippen LogP contribution >= 0.6 is 0 Å². The van der Waals surface area contributed by atoms with Crippen molar-refractivity contribution in [3.63, 3.8) is 0 Å². The Kier molecular flexibility index (Phi) is 5.61. The molecule has 2 aromatic carbocycles. The van der Waals surface area contributed by atoms with Crippen molar-refractivity contribution in [3.8, 4) is 0 Å². The van der Waals surface area contributed by atoms with Crippen LogP contribution in [0.1, 0.15) is 43.9 Å². The van der Waals surface area contributed by atoms with Gasteiger partial charge in [0.25, 0.3) is 0 Å². The molecule has 2 aromatic rings. The van der Waals surface area contributed by atoms with Crippen LogP contribution in [-0.2, 0) is 39.0 Å². The molecule has 1 unspecified atom stereocenters. The molecule has 2 aliphatic heterocycles. The zero-order valence-electron chi connectivity index (χ0n) is 18.0. The first-order valence-corrected chi connectivity index (χ1v) is 12.0. The molecule has 2 amide bonds. The van der Waals surface area contributed by atoms with Crippen molar-refractivity contribution in [1.29, 1.82) is 0 Å². The molecule has 0 saturated heterocycles. The maximum absolute atomic E-state index is 12.9. The summed E-state index contributed by atoms with van der Waals surface area (Å²) in [6, 6.07) is 10.7. The Morgan fingerprint density at radius 3 is 2.55 bits per heavy atom. The fraction of sp³-hybridized carbons (Fsp3) is 0.391. The second kappa shape index (κ2) is 8.09. The SMILES string of the molecule is CCC(=O)N1CCc2cc(CNS(=O)(=O)c3ccc4c(c3)CC(C)N4C(C)=O)ccc21. The molecule has 0 saturated carbocycles. The molecule has 0 radical (unpaired) electrons. The first-order valence-electron chi connectivity index (χ1n) is 10.6. The minimum atomic E-state index is -3.70. The Bertz CT molecular complexity index is 1160. The lowest BCUT2D eigenvalue weighted by molar-refractivity contribution is -0.118. The van der Waals surface area contributed by atoms with E-state index in [0.29, 0.717) is 19.4 Å². The van der Waals surface area contributed by atoms with Gasteiger partial charge < -0.3 is 9.80 Å². The van der Waals surface area contributed by atoms with Crippen molar-refractivity contribution < 1.29 is 18.0 Å². The third-order valence-corrected chi connectivity index (χ3v) is 7.42. The summed E-state index contributed by atoms with van der Waals surface area (Å²) in [7, 11) is -3.70. The summed E-state index contributed by atoms with van der Waals surface area (Å²) < 4.78 is 28.4. The number of fused-ring (bicyclic) bond motifs is 2. The van der Waals surface area contributed by atoms with E-state index in [2.05, 4.69) is 4.72 Å². The van der Waals surface area contributed by atoms with Crippen molar-refractivity contribution in [2.75, 3.05) is 16.3 Å². The van der Waals surface area contributed by atoms with E-state index >= 15 is 0 Å². The molecule has 0 bridgehead atoms. The van der Waals surface area contributed by atoms with Crippen LogP contribution in [0.15, 0.2) is 41.3 Å². The predicted molar refractivity (Wildman–Crippen MR) is 120 cm³/mol. The van der Waals surface area contributed by atoms with Gasteiger partial charge in [-0.1, -0.05) is 19.1 Å². The molecule has 1 atom stereocenters. The largest absolute Gasteiger partial charge is 0.312 e. The lowest BCUT2D eigenvalue weighted by atomic mass is 10.1. The van der Waals surface area contributed by atoms with E-state index in [-0.39, 0.29) is 29.3 Å². The number of amides is 2. The Balaban J connectivity index is 1.49. The molecule has 0 aromatic heterocycles. The van der Waals surface area contributed by atoms with E-state index in [1.165, 1.54) is 6.92 Å². The number of benzene rings is 2. The van der Waals surface area contributed by atoms with E-state index < -0.39 is 10.0 Å². The number of rotatable bonds is 5. The Morgan fingerprint density at radius 1 is 1.10 bits per heavy atom. The van der Waals surface area contributed by atoms with E-state index in [1.54, 1.807) is 28.0 Å². The highest BCUT2D eigenvalue weighted by atomic mass is 32.2. The second-order valence-electron chi connectivity index (χ2n) is 8.17. The first kappa shape index (κ1) is 21.5. The van der Waals surface area contributed by atoms with E-state index in [9.17, 15) is 18.0 Å². The molecular weight excluding hydrogens is 414 g/mol. The molecule has 164 valence electrons. The van der Waals surface area contributed by atoms with Crippen molar-refractivity contribution in [2.45, 2.75) is 57.5 Å². The van der Waals surface area contributed by atoms with Crippen LogP contribution in [0.3, 0.4) is 0 Å². The minimum absolute atomic E-state index is 0.0176. The number of hydrogen-bond acceptors (Lipinski definition) is 4. The highest BCUT2D eigenvalue weighted by molar-refractivity contribution is 7.89. The number of anilines is 2. The third kappa shape index (κ3) is 3.97. The van der Waals surface area contributed by atoms with Crippen molar-refractivity contribution in [2.24, 2.45) is 0 Å². The molecule has 2 aliphatic rings. The maximum atomic E-state index is 12.9. The molecule has 1 N–H and O–H groups in total. The fourth-order valence-corrected chi connectivity index (χ4v) is 5.60. The first-order chi connectivity index (χ1) is 14.7. The van der Waals surface area contributed by atoms with Crippen LogP contribution in [0, 0.1) is 0 Å². The molecule has 0 aliphatic carbocycles. The molecule has 0 spiro atoms. The van der Waals surface area contributed by atoms with Crippen molar-refractivity contribution in [3.05, 3.63) is 53.1 Å². The van der Waals surface area contributed by atoms with E-state index in [0.717, 1.165) is 34.5 Å². The lowest BCUT2D eigenvalue weighted by Gasteiger charge is -2.20. The monoisotopic (exact) mass is 441 g/mol. The summed E-state index contributed by atoms with van der Waals surface area (Å²) >= 11 is 0. The van der Waals surface area contributed by atoms with Crippen molar-refractivity contribution >= 4 is 33.2 Å². The molecule has 2 heterocycles. The molecule has 0 fully saturated rings. The molecule has 8 heteroatoms. The highest BCUT2D eigenvalue weighted by Gasteiger charge is 2.30. The van der Waals surface area contributed by atoms with Crippen LogP contribution in [0.5, 0.6) is 0 Å². The summed E-state index contributed by atoms with van der Waals surface area (Å²) in [6.07, 6.45) is 1.87. The number of nitrogens with zero attached hydrogens (tertiary/aromatic N) is 2. The average molecular weight is 442 g/mol. The van der Waals surface area contributed by atoms with Crippen LogP contribution < -0.4 is 14.5 Å². The summed E-state index contributed by atoms with van der Waals surface area (Å²) in [5.41, 5.74) is 4.48. The van der Waals surface area contributed by atoms with Gasteiger partial charge in [0.2, 0.25) is 21.8 Å². The van der Waals surface area contributed by atoms with Crippen LogP contribution in [0.25, 0.3) is 0 Å². The van der Waals surface area contributed by atoms with Gasteiger partial charge in [0.05, 0.1) is 4.90 Å². The number of sulfonamides is 1. The second-order valence-corrected chi connectivity index (χ2v) is 9.94. The molecule has 4 rings (SSSR count). The van der Waals surface area contributed by atoms with Gasteiger partial charge in [-0.25, -0.2) is 13.1 Å². The van der Waals surface area contributed by atoms with Crippen LogP contribution in [0.4, 0.5) is 11.4 Å². The van der Waals surface area contributed by atoms with Gasteiger partial charge in [-0.15, -0.1) is 0 Å².